The summed E-state index contributed by atoms with van der Waals surface area (Å²) >= 11 is 0. The lowest BCUT2D eigenvalue weighted by molar-refractivity contribution is -0.134. The van der Waals surface area contributed by atoms with Crippen LogP contribution in [0.3, 0.4) is 0 Å². The number of rotatable bonds is 4. The molecule has 1 aliphatic rings. The van der Waals surface area contributed by atoms with Crippen molar-refractivity contribution in [3.8, 4) is 0 Å². The van der Waals surface area contributed by atoms with E-state index in [1.807, 2.05) is 7.05 Å². The number of amides is 1. The first-order chi connectivity index (χ1) is 8.26. The molecule has 1 unspecified atom stereocenters. The minimum absolute atomic E-state index is 0.0266. The maximum Gasteiger partial charge on any atom is 0.238 e. The third-order valence-corrected chi connectivity index (χ3v) is 5.06. The average molecular weight is 276 g/mol. The molecule has 18 heavy (non-hydrogen) atoms. The molecule has 1 atom stereocenters. The summed E-state index contributed by atoms with van der Waals surface area (Å²) in [5, 5.41) is 0. The molecule has 0 saturated carbocycles. The number of hydrogen-bond donors (Lipinski definition) is 0. The molecule has 0 spiro atoms. The van der Waals surface area contributed by atoms with Crippen molar-refractivity contribution in [1.82, 2.24) is 9.80 Å². The van der Waals surface area contributed by atoms with Gasteiger partial charge in [-0.05, 0) is 13.0 Å². The fourth-order valence-electron chi connectivity index (χ4n) is 2.21. The van der Waals surface area contributed by atoms with E-state index in [1.165, 1.54) is 0 Å². The third kappa shape index (κ3) is 3.95. The molecule has 1 rings (SSSR count). The Morgan fingerprint density at radius 1 is 1.33 bits per heavy atom. The van der Waals surface area contributed by atoms with Gasteiger partial charge in [-0.15, -0.1) is 0 Å². The molecule has 1 aliphatic heterocycles. The van der Waals surface area contributed by atoms with Gasteiger partial charge in [0.05, 0.1) is 0 Å². The smallest absolute Gasteiger partial charge is 0.238 e. The second kappa shape index (κ2) is 6.02. The molecule has 0 aromatic carbocycles. The average Bonchev–Trinajstić information content (AvgIpc) is 2.28. The molecule has 0 radical (unpaired) electrons. The number of carbonyl (C=O) groups excluding carboxylic acids is 1. The van der Waals surface area contributed by atoms with Crippen molar-refractivity contribution in [3.63, 3.8) is 0 Å². The SMILES string of the molecule is CCS(=O)(=O)CC(=O)N1CCN(C)CC1C(C)C. The van der Waals surface area contributed by atoms with Crippen LogP contribution in [-0.4, -0.2) is 68.4 Å². The molecule has 0 N–H and O–H groups in total. The van der Waals surface area contributed by atoms with Crippen molar-refractivity contribution >= 4 is 15.7 Å². The van der Waals surface area contributed by atoms with Gasteiger partial charge >= 0.3 is 0 Å². The summed E-state index contributed by atoms with van der Waals surface area (Å²) in [6.07, 6.45) is 0. The monoisotopic (exact) mass is 276 g/mol. The van der Waals surface area contributed by atoms with Crippen LogP contribution >= 0.6 is 0 Å². The van der Waals surface area contributed by atoms with Crippen LogP contribution in [-0.2, 0) is 14.6 Å². The van der Waals surface area contributed by atoms with Crippen molar-refractivity contribution < 1.29 is 13.2 Å². The third-order valence-electron chi connectivity index (χ3n) is 3.49. The van der Waals surface area contributed by atoms with Crippen LogP contribution in [0, 0.1) is 5.92 Å². The van der Waals surface area contributed by atoms with Gasteiger partial charge in [-0.1, -0.05) is 20.8 Å². The van der Waals surface area contributed by atoms with E-state index in [2.05, 4.69) is 18.7 Å². The first-order valence-corrected chi connectivity index (χ1v) is 8.27. The molecule has 5 nitrogen and oxygen atoms in total. The fraction of sp³-hybridized carbons (Fsp3) is 0.917. The Labute approximate surface area is 110 Å². The zero-order valence-corrected chi connectivity index (χ0v) is 12.5. The van der Waals surface area contributed by atoms with Crippen LogP contribution in [0.15, 0.2) is 0 Å². The molecular weight excluding hydrogens is 252 g/mol. The zero-order chi connectivity index (χ0) is 13.9. The highest BCUT2D eigenvalue weighted by molar-refractivity contribution is 7.92. The molecule has 0 aromatic heterocycles. The zero-order valence-electron chi connectivity index (χ0n) is 11.7. The van der Waals surface area contributed by atoms with E-state index >= 15 is 0 Å². The molecule has 106 valence electrons. The summed E-state index contributed by atoms with van der Waals surface area (Å²) in [5.41, 5.74) is 0. The van der Waals surface area contributed by atoms with Gasteiger partial charge in [-0.2, -0.15) is 0 Å². The lowest BCUT2D eigenvalue weighted by atomic mass is 10.00. The lowest BCUT2D eigenvalue weighted by Crippen LogP contribution is -2.57. The van der Waals surface area contributed by atoms with Crippen LogP contribution in [0.25, 0.3) is 0 Å². The minimum atomic E-state index is -3.24. The number of piperazine rings is 1. The van der Waals surface area contributed by atoms with E-state index in [9.17, 15) is 13.2 Å². The maximum atomic E-state index is 12.1. The Kier molecular flexibility index (Phi) is 5.16. The summed E-state index contributed by atoms with van der Waals surface area (Å²) in [5.74, 6) is -0.236. The van der Waals surface area contributed by atoms with Crippen molar-refractivity contribution in [3.05, 3.63) is 0 Å². The summed E-state index contributed by atoms with van der Waals surface area (Å²) in [6, 6.07) is 0.114. The summed E-state index contributed by atoms with van der Waals surface area (Å²) in [4.78, 5) is 16.1. The first kappa shape index (κ1) is 15.4. The molecule has 0 aromatic rings. The molecule has 1 amide bonds. The summed E-state index contributed by atoms with van der Waals surface area (Å²) in [7, 11) is -1.21. The van der Waals surface area contributed by atoms with Gasteiger partial charge < -0.3 is 9.80 Å². The second-order valence-electron chi connectivity index (χ2n) is 5.34. The van der Waals surface area contributed by atoms with E-state index in [0.717, 1.165) is 13.1 Å². The van der Waals surface area contributed by atoms with Crippen molar-refractivity contribution in [2.75, 3.05) is 38.2 Å². The Morgan fingerprint density at radius 3 is 2.44 bits per heavy atom. The molecular formula is C12H24N2O3S. The van der Waals surface area contributed by atoms with Crippen molar-refractivity contribution in [2.45, 2.75) is 26.8 Å². The molecule has 1 heterocycles. The molecule has 1 saturated heterocycles. The maximum absolute atomic E-state index is 12.1. The molecule has 6 heteroatoms. The topological polar surface area (TPSA) is 57.7 Å². The Morgan fingerprint density at radius 2 is 1.94 bits per heavy atom. The van der Waals surface area contributed by atoms with E-state index in [0.29, 0.717) is 12.5 Å². The van der Waals surface area contributed by atoms with Gasteiger partial charge in [0.25, 0.3) is 0 Å². The van der Waals surface area contributed by atoms with Gasteiger partial charge in [0, 0.05) is 31.4 Å². The highest BCUT2D eigenvalue weighted by Crippen LogP contribution is 2.17. The number of carbonyl (C=O) groups is 1. The van der Waals surface area contributed by atoms with Gasteiger partial charge in [0.15, 0.2) is 9.84 Å². The van der Waals surface area contributed by atoms with E-state index in [4.69, 9.17) is 0 Å². The predicted molar refractivity (Wildman–Crippen MR) is 72.2 cm³/mol. The van der Waals surface area contributed by atoms with Crippen LogP contribution in [0.5, 0.6) is 0 Å². The van der Waals surface area contributed by atoms with Crippen LogP contribution < -0.4 is 0 Å². The van der Waals surface area contributed by atoms with Gasteiger partial charge in [0.2, 0.25) is 5.91 Å². The number of hydrogen-bond acceptors (Lipinski definition) is 4. The van der Waals surface area contributed by atoms with Gasteiger partial charge in [-0.3, -0.25) is 4.79 Å². The molecule has 0 bridgehead atoms. The number of nitrogens with zero attached hydrogens (tertiary/aromatic N) is 2. The Balaban J connectivity index is 2.77. The van der Waals surface area contributed by atoms with Gasteiger partial charge in [0.1, 0.15) is 5.75 Å². The van der Waals surface area contributed by atoms with Crippen LogP contribution in [0.1, 0.15) is 20.8 Å². The largest absolute Gasteiger partial charge is 0.336 e. The fourth-order valence-corrected chi connectivity index (χ4v) is 2.95. The first-order valence-electron chi connectivity index (χ1n) is 6.45. The number of sulfone groups is 1. The van der Waals surface area contributed by atoms with E-state index in [-0.39, 0.29) is 23.5 Å². The normalized spacial score (nSPS) is 22.5. The Hall–Kier alpha value is -0.620. The van der Waals surface area contributed by atoms with Gasteiger partial charge in [-0.25, -0.2) is 8.42 Å². The lowest BCUT2D eigenvalue weighted by Gasteiger charge is -2.42. The molecule has 1 fully saturated rings. The van der Waals surface area contributed by atoms with E-state index in [1.54, 1.807) is 11.8 Å². The second-order valence-corrected chi connectivity index (χ2v) is 7.69. The number of likely N-dealkylation sites (N-methyl/N-ethyl adjacent to an activating group) is 1. The minimum Gasteiger partial charge on any atom is -0.336 e. The summed E-state index contributed by atoms with van der Waals surface area (Å²) in [6.45, 7) is 7.96. The highest BCUT2D eigenvalue weighted by Gasteiger charge is 2.32. The quantitative estimate of drug-likeness (QED) is 0.737. The van der Waals surface area contributed by atoms with E-state index < -0.39 is 9.84 Å². The van der Waals surface area contributed by atoms with Crippen molar-refractivity contribution in [2.24, 2.45) is 5.92 Å². The van der Waals surface area contributed by atoms with Crippen LogP contribution in [0.4, 0.5) is 0 Å². The standard InChI is InChI=1S/C12H24N2O3S/c1-5-18(16,17)9-12(15)14-7-6-13(4)8-11(14)10(2)3/h10-11H,5-9H2,1-4H3. The van der Waals surface area contributed by atoms with Crippen molar-refractivity contribution in [1.29, 1.82) is 0 Å². The predicted octanol–water partition coefficient (Wildman–Crippen LogP) is 0.220. The highest BCUT2D eigenvalue weighted by atomic mass is 32.2. The van der Waals surface area contributed by atoms with Crippen LogP contribution in [0.2, 0.25) is 0 Å². The Bertz CT molecular complexity index is 392. The summed E-state index contributed by atoms with van der Waals surface area (Å²) < 4.78 is 23.1. The molecule has 0 aliphatic carbocycles.